The summed E-state index contributed by atoms with van der Waals surface area (Å²) in [5, 5.41) is 0. The standard InChI is InChI=1S/C15H22O3S/c1-11-7-12(2)15(13(3)8-11)10-19(16,17)9-14-5-4-6-18-14/h7-8,14H,4-6,9-10H2,1-3H3. The van der Waals surface area contributed by atoms with E-state index in [1.54, 1.807) is 0 Å². The Bertz CT molecular complexity index is 532. The van der Waals surface area contributed by atoms with Crippen LogP contribution < -0.4 is 0 Å². The van der Waals surface area contributed by atoms with Crippen LogP contribution in [0.4, 0.5) is 0 Å². The smallest absolute Gasteiger partial charge is 0.157 e. The average molecular weight is 282 g/mol. The van der Waals surface area contributed by atoms with Gasteiger partial charge in [-0.15, -0.1) is 0 Å². The highest BCUT2D eigenvalue weighted by molar-refractivity contribution is 7.90. The van der Waals surface area contributed by atoms with Crippen LogP contribution in [0.25, 0.3) is 0 Å². The lowest BCUT2D eigenvalue weighted by Crippen LogP contribution is -2.22. The molecule has 1 aliphatic rings. The van der Waals surface area contributed by atoms with Crippen molar-refractivity contribution in [1.82, 2.24) is 0 Å². The number of aryl methyl sites for hydroxylation is 3. The molecule has 4 heteroatoms. The summed E-state index contributed by atoms with van der Waals surface area (Å²) in [6.07, 6.45) is 1.74. The number of hydrogen-bond donors (Lipinski definition) is 0. The van der Waals surface area contributed by atoms with Crippen molar-refractivity contribution >= 4 is 9.84 Å². The second-order valence-electron chi connectivity index (χ2n) is 5.57. The first-order valence-electron chi connectivity index (χ1n) is 6.76. The molecule has 1 heterocycles. The van der Waals surface area contributed by atoms with Crippen LogP contribution in [0.3, 0.4) is 0 Å². The minimum Gasteiger partial charge on any atom is -0.377 e. The van der Waals surface area contributed by atoms with Gasteiger partial charge in [-0.2, -0.15) is 0 Å². The van der Waals surface area contributed by atoms with Crippen molar-refractivity contribution in [2.75, 3.05) is 12.4 Å². The number of hydrogen-bond acceptors (Lipinski definition) is 3. The van der Waals surface area contributed by atoms with Gasteiger partial charge in [0.1, 0.15) is 0 Å². The van der Waals surface area contributed by atoms with Crippen molar-refractivity contribution in [2.24, 2.45) is 0 Å². The molecule has 0 bridgehead atoms. The molecule has 106 valence electrons. The molecular weight excluding hydrogens is 260 g/mol. The third kappa shape index (κ3) is 3.80. The van der Waals surface area contributed by atoms with Crippen LogP contribution in [0.5, 0.6) is 0 Å². The van der Waals surface area contributed by atoms with Crippen molar-refractivity contribution in [3.05, 3.63) is 34.4 Å². The highest BCUT2D eigenvalue weighted by atomic mass is 32.2. The van der Waals surface area contributed by atoms with Crippen molar-refractivity contribution < 1.29 is 13.2 Å². The van der Waals surface area contributed by atoms with Gasteiger partial charge in [0.25, 0.3) is 0 Å². The van der Waals surface area contributed by atoms with Gasteiger partial charge in [0.15, 0.2) is 9.84 Å². The van der Waals surface area contributed by atoms with Gasteiger partial charge in [-0.1, -0.05) is 17.7 Å². The number of ether oxygens (including phenoxy) is 1. The fraction of sp³-hybridized carbons (Fsp3) is 0.600. The van der Waals surface area contributed by atoms with Crippen molar-refractivity contribution in [1.29, 1.82) is 0 Å². The summed E-state index contributed by atoms with van der Waals surface area (Å²) in [5.74, 6) is 0.282. The van der Waals surface area contributed by atoms with Gasteiger partial charge in [-0.3, -0.25) is 0 Å². The molecule has 1 aromatic rings. The molecule has 1 fully saturated rings. The highest BCUT2D eigenvalue weighted by Crippen LogP contribution is 2.21. The van der Waals surface area contributed by atoms with Crippen LogP contribution in [-0.2, 0) is 20.3 Å². The van der Waals surface area contributed by atoms with Crippen LogP contribution in [0.2, 0.25) is 0 Å². The summed E-state index contributed by atoms with van der Waals surface area (Å²) in [6, 6.07) is 4.09. The van der Waals surface area contributed by atoms with Gasteiger partial charge in [0.05, 0.1) is 17.6 Å². The molecule has 1 aliphatic heterocycles. The fourth-order valence-electron chi connectivity index (χ4n) is 2.78. The first kappa shape index (κ1) is 14.5. The summed E-state index contributed by atoms with van der Waals surface area (Å²) in [7, 11) is -3.10. The van der Waals surface area contributed by atoms with E-state index in [1.807, 2.05) is 32.9 Å². The van der Waals surface area contributed by atoms with E-state index >= 15 is 0 Å². The van der Waals surface area contributed by atoms with Crippen LogP contribution in [0.15, 0.2) is 12.1 Å². The van der Waals surface area contributed by atoms with E-state index in [2.05, 4.69) is 0 Å². The normalized spacial score (nSPS) is 19.8. The number of rotatable bonds is 4. The highest BCUT2D eigenvalue weighted by Gasteiger charge is 2.24. The minimum absolute atomic E-state index is 0.101. The number of benzene rings is 1. The molecule has 0 saturated carbocycles. The van der Waals surface area contributed by atoms with E-state index in [0.717, 1.165) is 29.5 Å². The maximum atomic E-state index is 12.3. The summed E-state index contributed by atoms with van der Waals surface area (Å²) in [5.41, 5.74) is 4.25. The van der Waals surface area contributed by atoms with Crippen LogP contribution in [0.1, 0.15) is 35.1 Å². The largest absolute Gasteiger partial charge is 0.377 e. The molecule has 1 atom stereocenters. The van der Waals surface area contributed by atoms with Gasteiger partial charge >= 0.3 is 0 Å². The predicted molar refractivity (Wildman–Crippen MR) is 77.1 cm³/mol. The fourth-order valence-corrected chi connectivity index (χ4v) is 4.62. The molecule has 0 aromatic heterocycles. The summed E-state index contributed by atoms with van der Waals surface area (Å²) < 4.78 is 30.0. The van der Waals surface area contributed by atoms with Crippen molar-refractivity contribution in [3.8, 4) is 0 Å². The maximum Gasteiger partial charge on any atom is 0.157 e. The molecular formula is C15H22O3S. The quantitative estimate of drug-likeness (QED) is 0.853. The Morgan fingerprint density at radius 3 is 2.37 bits per heavy atom. The van der Waals surface area contributed by atoms with E-state index in [9.17, 15) is 8.42 Å². The lowest BCUT2D eigenvalue weighted by Gasteiger charge is -2.14. The lowest BCUT2D eigenvalue weighted by molar-refractivity contribution is 0.127. The van der Waals surface area contributed by atoms with Gasteiger partial charge in [-0.25, -0.2) is 8.42 Å². The topological polar surface area (TPSA) is 43.4 Å². The summed E-state index contributed by atoms with van der Waals surface area (Å²) in [6.45, 7) is 6.70. The molecule has 2 rings (SSSR count). The molecule has 0 radical (unpaired) electrons. The molecule has 0 N–H and O–H groups in total. The Labute approximate surface area is 115 Å². The second kappa shape index (κ2) is 5.63. The van der Waals surface area contributed by atoms with Crippen LogP contribution >= 0.6 is 0 Å². The summed E-state index contributed by atoms with van der Waals surface area (Å²) in [4.78, 5) is 0. The lowest BCUT2D eigenvalue weighted by atomic mass is 10.0. The van der Waals surface area contributed by atoms with E-state index in [0.29, 0.717) is 6.61 Å². The minimum atomic E-state index is -3.10. The molecule has 1 unspecified atom stereocenters. The zero-order valence-corrected chi connectivity index (χ0v) is 12.7. The average Bonchev–Trinajstić information content (AvgIpc) is 2.75. The van der Waals surface area contributed by atoms with E-state index in [4.69, 9.17) is 4.74 Å². The van der Waals surface area contributed by atoms with E-state index in [1.165, 1.54) is 5.56 Å². The van der Waals surface area contributed by atoms with Gasteiger partial charge in [0.2, 0.25) is 0 Å². The van der Waals surface area contributed by atoms with Crippen molar-refractivity contribution in [3.63, 3.8) is 0 Å². The first-order valence-corrected chi connectivity index (χ1v) is 8.58. The predicted octanol–water partition coefficient (Wildman–Crippen LogP) is 2.71. The van der Waals surface area contributed by atoms with Gasteiger partial charge < -0.3 is 4.74 Å². The zero-order valence-electron chi connectivity index (χ0n) is 11.9. The molecule has 0 amide bonds. The van der Waals surface area contributed by atoms with E-state index < -0.39 is 9.84 Å². The van der Waals surface area contributed by atoms with Gasteiger partial charge in [0, 0.05) is 6.61 Å². The molecule has 0 aliphatic carbocycles. The third-order valence-electron chi connectivity index (χ3n) is 3.67. The van der Waals surface area contributed by atoms with Gasteiger partial charge in [-0.05, 0) is 50.3 Å². The second-order valence-corrected chi connectivity index (χ2v) is 7.68. The Morgan fingerprint density at radius 1 is 1.21 bits per heavy atom. The SMILES string of the molecule is Cc1cc(C)c(CS(=O)(=O)CC2CCCO2)c(C)c1. The third-order valence-corrected chi connectivity index (χ3v) is 5.28. The zero-order chi connectivity index (χ0) is 14.0. The number of sulfone groups is 1. The molecule has 1 aromatic carbocycles. The van der Waals surface area contributed by atoms with Crippen LogP contribution in [0, 0.1) is 20.8 Å². The first-order chi connectivity index (χ1) is 8.87. The van der Waals surface area contributed by atoms with Crippen LogP contribution in [-0.4, -0.2) is 26.9 Å². The Kier molecular flexibility index (Phi) is 4.31. The Balaban J connectivity index is 2.15. The Hall–Kier alpha value is -0.870. The van der Waals surface area contributed by atoms with E-state index in [-0.39, 0.29) is 17.6 Å². The molecule has 1 saturated heterocycles. The Morgan fingerprint density at radius 2 is 1.84 bits per heavy atom. The molecule has 3 nitrogen and oxygen atoms in total. The monoisotopic (exact) mass is 282 g/mol. The summed E-state index contributed by atoms with van der Waals surface area (Å²) >= 11 is 0. The maximum absolute atomic E-state index is 12.3. The molecule has 0 spiro atoms. The van der Waals surface area contributed by atoms with Crippen molar-refractivity contribution in [2.45, 2.75) is 45.5 Å². The molecule has 19 heavy (non-hydrogen) atoms.